The van der Waals surface area contributed by atoms with Gasteiger partial charge in [-0.15, -0.1) is 0 Å². The summed E-state index contributed by atoms with van der Waals surface area (Å²) in [5.41, 5.74) is 1.64. The molecular weight excluding hydrogens is 462 g/mol. The molecule has 2 aromatic carbocycles. The summed E-state index contributed by atoms with van der Waals surface area (Å²) >= 11 is 0. The van der Waals surface area contributed by atoms with E-state index in [2.05, 4.69) is 20.4 Å². The number of methoxy groups -OCH3 is 2. The van der Waals surface area contributed by atoms with Gasteiger partial charge in [0.15, 0.2) is 0 Å². The van der Waals surface area contributed by atoms with Crippen molar-refractivity contribution in [1.82, 2.24) is 15.1 Å². The third-order valence-corrected chi connectivity index (χ3v) is 6.56. The molecule has 0 saturated carbocycles. The number of amides is 3. The van der Waals surface area contributed by atoms with E-state index in [1.807, 2.05) is 24.3 Å². The summed E-state index contributed by atoms with van der Waals surface area (Å²) in [6.07, 6.45) is -0.106. The molecule has 2 aliphatic heterocycles. The standard InChI is InChI=1S/C26H33N5O5/c1-35-20-9-7-19(8-10-20)28-24(32)17-22-26(34)27-11-12-31(22)25(33)18-29-13-15-30(16-14-29)21-5-3-4-6-23(21)36-2/h3-10,22H,11-18H2,1-2H3,(H,27,34)(H,28,32)/t22-/m0/s1. The summed E-state index contributed by atoms with van der Waals surface area (Å²) in [5.74, 6) is 0.737. The van der Waals surface area contributed by atoms with Gasteiger partial charge in [-0.1, -0.05) is 12.1 Å². The van der Waals surface area contributed by atoms with Crippen LogP contribution in [-0.4, -0.2) is 93.6 Å². The number of anilines is 2. The van der Waals surface area contributed by atoms with Crippen LogP contribution in [0.4, 0.5) is 11.4 Å². The lowest BCUT2D eigenvalue weighted by molar-refractivity contribution is -0.145. The average Bonchev–Trinajstić information content (AvgIpc) is 2.90. The van der Waals surface area contributed by atoms with E-state index < -0.39 is 6.04 Å². The molecule has 192 valence electrons. The molecule has 10 heteroatoms. The molecule has 4 rings (SSSR count). The molecule has 2 fully saturated rings. The highest BCUT2D eigenvalue weighted by Gasteiger charge is 2.35. The number of benzene rings is 2. The zero-order chi connectivity index (χ0) is 25.5. The Labute approximate surface area is 211 Å². The molecule has 0 bridgehead atoms. The lowest BCUT2D eigenvalue weighted by Crippen LogP contribution is -2.60. The van der Waals surface area contributed by atoms with Gasteiger partial charge >= 0.3 is 0 Å². The Hall–Kier alpha value is -3.79. The Bertz CT molecular complexity index is 1070. The number of hydrogen-bond acceptors (Lipinski definition) is 7. The molecule has 10 nitrogen and oxygen atoms in total. The van der Waals surface area contributed by atoms with Crippen molar-refractivity contribution in [2.75, 3.05) is 70.2 Å². The fourth-order valence-electron chi connectivity index (χ4n) is 4.60. The first-order valence-corrected chi connectivity index (χ1v) is 12.1. The SMILES string of the molecule is COc1ccc(NC(=O)C[C@H]2C(=O)NCCN2C(=O)CN2CCN(c3ccccc3OC)CC2)cc1. The average molecular weight is 496 g/mol. The minimum Gasteiger partial charge on any atom is -0.497 e. The summed E-state index contributed by atoms with van der Waals surface area (Å²) in [7, 11) is 3.23. The zero-order valence-electron chi connectivity index (χ0n) is 20.7. The van der Waals surface area contributed by atoms with E-state index in [1.54, 1.807) is 43.4 Å². The van der Waals surface area contributed by atoms with E-state index >= 15 is 0 Å². The van der Waals surface area contributed by atoms with Gasteiger partial charge in [0.05, 0.1) is 32.9 Å². The third kappa shape index (κ3) is 6.06. The highest BCUT2D eigenvalue weighted by Crippen LogP contribution is 2.28. The number of piperazine rings is 2. The summed E-state index contributed by atoms with van der Waals surface area (Å²) in [4.78, 5) is 44.4. The summed E-state index contributed by atoms with van der Waals surface area (Å²) in [6, 6.07) is 14.0. The van der Waals surface area contributed by atoms with Crippen molar-refractivity contribution in [3.05, 3.63) is 48.5 Å². The van der Waals surface area contributed by atoms with E-state index in [9.17, 15) is 14.4 Å². The predicted molar refractivity (Wildman–Crippen MR) is 136 cm³/mol. The van der Waals surface area contributed by atoms with Gasteiger partial charge in [-0.2, -0.15) is 0 Å². The molecule has 0 aliphatic carbocycles. The molecule has 3 amide bonds. The fourth-order valence-corrected chi connectivity index (χ4v) is 4.60. The number of carbonyl (C=O) groups is 3. The number of rotatable bonds is 8. The van der Waals surface area contributed by atoms with Crippen LogP contribution in [0, 0.1) is 0 Å². The molecule has 1 atom stereocenters. The van der Waals surface area contributed by atoms with Crippen molar-refractivity contribution < 1.29 is 23.9 Å². The summed E-state index contributed by atoms with van der Waals surface area (Å²) in [6.45, 7) is 3.93. The van der Waals surface area contributed by atoms with Crippen LogP contribution in [0.25, 0.3) is 0 Å². The zero-order valence-corrected chi connectivity index (χ0v) is 20.7. The second kappa shape index (κ2) is 11.8. The van der Waals surface area contributed by atoms with E-state index in [-0.39, 0.29) is 30.7 Å². The number of ether oxygens (including phenoxy) is 2. The molecule has 2 aliphatic rings. The monoisotopic (exact) mass is 495 g/mol. The van der Waals surface area contributed by atoms with E-state index in [0.717, 1.165) is 24.5 Å². The van der Waals surface area contributed by atoms with Crippen molar-refractivity contribution in [2.45, 2.75) is 12.5 Å². The number of carbonyl (C=O) groups excluding carboxylic acids is 3. The van der Waals surface area contributed by atoms with Crippen LogP contribution in [0.5, 0.6) is 11.5 Å². The molecule has 2 heterocycles. The largest absolute Gasteiger partial charge is 0.497 e. The Morgan fingerprint density at radius 2 is 1.69 bits per heavy atom. The maximum absolute atomic E-state index is 13.2. The maximum Gasteiger partial charge on any atom is 0.243 e. The van der Waals surface area contributed by atoms with E-state index in [0.29, 0.717) is 37.6 Å². The van der Waals surface area contributed by atoms with Gasteiger partial charge in [0, 0.05) is 45.0 Å². The first-order chi connectivity index (χ1) is 17.5. The first-order valence-electron chi connectivity index (χ1n) is 12.1. The molecule has 0 spiro atoms. The van der Waals surface area contributed by atoms with Gasteiger partial charge in [-0.3, -0.25) is 19.3 Å². The van der Waals surface area contributed by atoms with Crippen LogP contribution in [0.1, 0.15) is 6.42 Å². The molecule has 2 saturated heterocycles. The van der Waals surface area contributed by atoms with Crippen molar-refractivity contribution >= 4 is 29.1 Å². The topological polar surface area (TPSA) is 103 Å². The van der Waals surface area contributed by atoms with Gasteiger partial charge in [-0.25, -0.2) is 0 Å². The van der Waals surface area contributed by atoms with Crippen LogP contribution in [0.3, 0.4) is 0 Å². The van der Waals surface area contributed by atoms with Gasteiger partial charge in [0.25, 0.3) is 0 Å². The van der Waals surface area contributed by atoms with Gasteiger partial charge in [-0.05, 0) is 36.4 Å². The van der Waals surface area contributed by atoms with Crippen LogP contribution in [0.2, 0.25) is 0 Å². The second-order valence-corrected chi connectivity index (χ2v) is 8.81. The Balaban J connectivity index is 1.32. The number of para-hydroxylation sites is 2. The number of nitrogens with zero attached hydrogens (tertiary/aromatic N) is 3. The summed E-state index contributed by atoms with van der Waals surface area (Å²) in [5, 5.41) is 5.57. The summed E-state index contributed by atoms with van der Waals surface area (Å²) < 4.78 is 10.6. The maximum atomic E-state index is 13.2. The molecule has 2 aromatic rings. The first kappa shape index (κ1) is 25.3. The molecular formula is C26H33N5O5. The Morgan fingerprint density at radius 1 is 0.972 bits per heavy atom. The van der Waals surface area contributed by atoms with E-state index in [4.69, 9.17) is 9.47 Å². The highest BCUT2D eigenvalue weighted by atomic mass is 16.5. The smallest absolute Gasteiger partial charge is 0.243 e. The second-order valence-electron chi connectivity index (χ2n) is 8.81. The Kier molecular flexibility index (Phi) is 8.27. The van der Waals surface area contributed by atoms with Crippen molar-refractivity contribution in [3.8, 4) is 11.5 Å². The minimum atomic E-state index is -0.834. The minimum absolute atomic E-state index is 0.106. The molecule has 36 heavy (non-hydrogen) atoms. The van der Waals surface area contributed by atoms with Crippen molar-refractivity contribution in [1.29, 1.82) is 0 Å². The lowest BCUT2D eigenvalue weighted by Gasteiger charge is -2.39. The normalized spacial score (nSPS) is 18.4. The number of hydrogen-bond donors (Lipinski definition) is 2. The third-order valence-electron chi connectivity index (χ3n) is 6.56. The van der Waals surface area contributed by atoms with Crippen LogP contribution in [0.15, 0.2) is 48.5 Å². The quantitative estimate of drug-likeness (QED) is 0.567. The van der Waals surface area contributed by atoms with Crippen LogP contribution < -0.4 is 25.0 Å². The predicted octanol–water partition coefficient (Wildman–Crippen LogP) is 1.18. The van der Waals surface area contributed by atoms with Gasteiger partial charge in [0.1, 0.15) is 17.5 Å². The molecule has 0 aromatic heterocycles. The van der Waals surface area contributed by atoms with Gasteiger partial charge in [0.2, 0.25) is 17.7 Å². The lowest BCUT2D eigenvalue weighted by atomic mass is 10.1. The van der Waals surface area contributed by atoms with Crippen molar-refractivity contribution in [3.63, 3.8) is 0 Å². The van der Waals surface area contributed by atoms with E-state index in [1.165, 1.54) is 0 Å². The molecule has 0 unspecified atom stereocenters. The molecule has 0 radical (unpaired) electrons. The molecule has 2 N–H and O–H groups in total. The van der Waals surface area contributed by atoms with Gasteiger partial charge < -0.3 is 29.9 Å². The van der Waals surface area contributed by atoms with Crippen LogP contribution in [-0.2, 0) is 14.4 Å². The highest BCUT2D eigenvalue weighted by molar-refractivity contribution is 5.97. The van der Waals surface area contributed by atoms with Crippen LogP contribution >= 0.6 is 0 Å². The number of nitrogens with one attached hydrogen (secondary N) is 2. The Morgan fingerprint density at radius 3 is 2.39 bits per heavy atom. The fraction of sp³-hybridized carbons (Fsp3) is 0.423. The van der Waals surface area contributed by atoms with Crippen molar-refractivity contribution in [2.24, 2.45) is 0 Å².